The van der Waals surface area contributed by atoms with Crippen LogP contribution in [0.15, 0.2) is 48.5 Å². The van der Waals surface area contributed by atoms with Gasteiger partial charge in [-0.25, -0.2) is 8.42 Å². The number of nitrogens with zero attached hydrogens (tertiary/aromatic N) is 2. The van der Waals surface area contributed by atoms with Gasteiger partial charge >= 0.3 is 0 Å². The van der Waals surface area contributed by atoms with Crippen LogP contribution >= 0.6 is 0 Å². The molecule has 1 atom stereocenters. The Hall–Kier alpha value is -2.87. The first-order valence-corrected chi connectivity index (χ1v) is 13.7. The average Bonchev–Trinajstić information content (AvgIpc) is 2.74. The summed E-state index contributed by atoms with van der Waals surface area (Å²) in [5.41, 5.74) is 2.94. The molecule has 0 saturated heterocycles. The maximum absolute atomic E-state index is 13.6. The highest BCUT2D eigenvalue weighted by atomic mass is 32.2. The van der Waals surface area contributed by atoms with Gasteiger partial charge in [0.15, 0.2) is 0 Å². The van der Waals surface area contributed by atoms with Gasteiger partial charge in [0.25, 0.3) is 0 Å². The highest BCUT2D eigenvalue weighted by molar-refractivity contribution is 7.92. The van der Waals surface area contributed by atoms with Crippen molar-refractivity contribution in [1.29, 1.82) is 0 Å². The van der Waals surface area contributed by atoms with Crippen molar-refractivity contribution in [1.82, 2.24) is 10.2 Å². The van der Waals surface area contributed by atoms with Crippen molar-refractivity contribution in [2.75, 3.05) is 17.1 Å². The third-order valence-corrected chi connectivity index (χ3v) is 6.81. The first-order chi connectivity index (χ1) is 16.1. The van der Waals surface area contributed by atoms with E-state index in [1.807, 2.05) is 64.1 Å². The molecule has 0 bridgehead atoms. The zero-order valence-electron chi connectivity index (χ0n) is 22.1. The van der Waals surface area contributed by atoms with Crippen molar-refractivity contribution < 1.29 is 18.0 Å². The van der Waals surface area contributed by atoms with Crippen LogP contribution < -0.4 is 9.62 Å². The topological polar surface area (TPSA) is 86.8 Å². The zero-order valence-corrected chi connectivity index (χ0v) is 22.9. The molecule has 0 aliphatic carbocycles. The lowest BCUT2D eigenvalue weighted by molar-refractivity contribution is -0.140. The molecule has 2 aromatic carbocycles. The molecule has 192 valence electrons. The van der Waals surface area contributed by atoms with Gasteiger partial charge in [0.2, 0.25) is 21.8 Å². The summed E-state index contributed by atoms with van der Waals surface area (Å²) in [6, 6.07) is 14.1. The Kier molecular flexibility index (Phi) is 9.11. The van der Waals surface area contributed by atoms with Crippen molar-refractivity contribution in [2.45, 2.75) is 72.5 Å². The van der Waals surface area contributed by atoms with E-state index >= 15 is 0 Å². The molecule has 1 unspecified atom stereocenters. The second kappa shape index (κ2) is 11.2. The normalized spacial score (nSPS) is 12.8. The molecule has 0 spiro atoms. The van der Waals surface area contributed by atoms with Gasteiger partial charge in [-0.2, -0.15) is 0 Å². The summed E-state index contributed by atoms with van der Waals surface area (Å²) in [5.74, 6) is -0.463. The molecular weight excluding hydrogens is 462 g/mol. The van der Waals surface area contributed by atoms with Crippen molar-refractivity contribution in [2.24, 2.45) is 0 Å². The van der Waals surface area contributed by atoms with Crippen LogP contribution in [-0.2, 0) is 26.2 Å². The van der Waals surface area contributed by atoms with E-state index in [4.69, 9.17) is 0 Å². The lowest BCUT2D eigenvalue weighted by Crippen LogP contribution is -2.54. The molecule has 0 radical (unpaired) electrons. The Balaban J connectivity index is 2.39. The molecule has 35 heavy (non-hydrogen) atoms. The van der Waals surface area contributed by atoms with Crippen LogP contribution in [-0.4, -0.2) is 49.5 Å². The summed E-state index contributed by atoms with van der Waals surface area (Å²) in [7, 11) is -3.75. The van der Waals surface area contributed by atoms with Gasteiger partial charge in [0, 0.05) is 12.1 Å². The first kappa shape index (κ1) is 28.4. The Bertz CT molecular complexity index is 1120. The Morgan fingerprint density at radius 3 is 1.94 bits per heavy atom. The molecule has 0 heterocycles. The fourth-order valence-corrected chi connectivity index (χ4v) is 4.44. The largest absolute Gasteiger partial charge is 0.350 e. The molecule has 8 heteroatoms. The maximum atomic E-state index is 13.6. The summed E-state index contributed by atoms with van der Waals surface area (Å²) in [5, 5.41) is 2.92. The molecule has 2 aromatic rings. The smallest absolute Gasteiger partial charge is 0.244 e. The lowest BCUT2D eigenvalue weighted by Gasteiger charge is -2.33. The van der Waals surface area contributed by atoms with Crippen molar-refractivity contribution in [3.63, 3.8) is 0 Å². The first-order valence-electron chi connectivity index (χ1n) is 11.8. The molecule has 2 amide bonds. The number of rotatable bonds is 9. The van der Waals surface area contributed by atoms with Gasteiger partial charge in [0.1, 0.15) is 12.6 Å². The third-order valence-electron chi connectivity index (χ3n) is 5.67. The Morgan fingerprint density at radius 2 is 1.49 bits per heavy atom. The number of sulfonamides is 1. The number of amides is 2. The van der Waals surface area contributed by atoms with Crippen LogP contribution in [0, 0.1) is 6.92 Å². The number of aryl methyl sites for hydroxylation is 1. The summed E-state index contributed by atoms with van der Waals surface area (Å²) < 4.78 is 26.4. The highest BCUT2D eigenvalue weighted by Gasteiger charge is 2.31. The van der Waals surface area contributed by atoms with Gasteiger partial charge < -0.3 is 10.2 Å². The Labute approximate surface area is 210 Å². The molecule has 0 aromatic heterocycles. The number of anilines is 1. The van der Waals surface area contributed by atoms with E-state index in [1.165, 1.54) is 4.90 Å². The standard InChI is InChI=1S/C27H39N3O4S/c1-19(2)23-13-15-24(16-14-23)30(35(8,33)34)18-25(31)29(17-22-11-9-20(3)10-12-22)21(4)26(32)28-27(5,6)7/h9-16,19,21H,17-18H2,1-8H3,(H,28,32). The van der Waals surface area contributed by atoms with E-state index in [1.54, 1.807) is 19.1 Å². The lowest BCUT2D eigenvalue weighted by atomic mass is 10.0. The predicted octanol–water partition coefficient (Wildman–Crippen LogP) is 4.22. The number of carbonyl (C=O) groups excluding carboxylic acids is 2. The van der Waals surface area contributed by atoms with Crippen LogP contribution in [0.2, 0.25) is 0 Å². The van der Waals surface area contributed by atoms with E-state index < -0.39 is 34.1 Å². The number of hydrogen-bond acceptors (Lipinski definition) is 4. The monoisotopic (exact) mass is 501 g/mol. The maximum Gasteiger partial charge on any atom is 0.244 e. The number of benzene rings is 2. The zero-order chi connectivity index (χ0) is 26.6. The predicted molar refractivity (Wildman–Crippen MR) is 142 cm³/mol. The summed E-state index contributed by atoms with van der Waals surface area (Å²) >= 11 is 0. The molecular formula is C27H39N3O4S. The van der Waals surface area contributed by atoms with E-state index in [-0.39, 0.29) is 12.5 Å². The van der Waals surface area contributed by atoms with Crippen LogP contribution in [0.3, 0.4) is 0 Å². The molecule has 2 rings (SSSR count). The minimum Gasteiger partial charge on any atom is -0.350 e. The van der Waals surface area contributed by atoms with Crippen LogP contribution in [0.4, 0.5) is 5.69 Å². The molecule has 0 aliphatic heterocycles. The van der Waals surface area contributed by atoms with E-state index in [0.29, 0.717) is 11.6 Å². The molecule has 0 fully saturated rings. The SMILES string of the molecule is Cc1ccc(CN(C(=O)CN(c2ccc(C(C)C)cc2)S(C)(=O)=O)C(C)C(=O)NC(C)(C)C)cc1. The van der Waals surface area contributed by atoms with E-state index in [2.05, 4.69) is 19.2 Å². The molecule has 0 saturated carbocycles. The summed E-state index contributed by atoms with van der Waals surface area (Å²) in [6.45, 7) is 13.1. The van der Waals surface area contributed by atoms with Crippen LogP contribution in [0.5, 0.6) is 0 Å². The quantitative estimate of drug-likeness (QED) is 0.557. The van der Waals surface area contributed by atoms with E-state index in [0.717, 1.165) is 27.3 Å². The minimum absolute atomic E-state index is 0.182. The Morgan fingerprint density at radius 1 is 0.943 bits per heavy atom. The molecule has 1 N–H and O–H groups in total. The third kappa shape index (κ3) is 8.38. The fourth-order valence-electron chi connectivity index (χ4n) is 3.59. The van der Waals surface area contributed by atoms with Gasteiger partial charge in [0.05, 0.1) is 11.9 Å². The van der Waals surface area contributed by atoms with Gasteiger partial charge in [-0.05, 0) is 63.8 Å². The second-order valence-corrected chi connectivity index (χ2v) is 12.3. The number of nitrogens with one attached hydrogen (secondary N) is 1. The van der Waals surface area contributed by atoms with Crippen molar-refractivity contribution >= 4 is 27.5 Å². The van der Waals surface area contributed by atoms with Crippen LogP contribution in [0.1, 0.15) is 64.2 Å². The van der Waals surface area contributed by atoms with Crippen LogP contribution in [0.25, 0.3) is 0 Å². The van der Waals surface area contributed by atoms with Gasteiger partial charge in [-0.3, -0.25) is 13.9 Å². The average molecular weight is 502 g/mol. The van der Waals surface area contributed by atoms with Gasteiger partial charge in [-0.15, -0.1) is 0 Å². The second-order valence-electron chi connectivity index (χ2n) is 10.4. The number of carbonyl (C=O) groups is 2. The molecule has 0 aliphatic rings. The highest BCUT2D eigenvalue weighted by Crippen LogP contribution is 2.23. The summed E-state index contributed by atoms with van der Waals surface area (Å²) in [6.07, 6.45) is 1.08. The molecule has 7 nitrogen and oxygen atoms in total. The number of hydrogen-bond donors (Lipinski definition) is 1. The van der Waals surface area contributed by atoms with Crippen molar-refractivity contribution in [3.05, 3.63) is 65.2 Å². The van der Waals surface area contributed by atoms with E-state index in [9.17, 15) is 18.0 Å². The summed E-state index contributed by atoms with van der Waals surface area (Å²) in [4.78, 5) is 28.0. The fraction of sp³-hybridized carbons (Fsp3) is 0.481. The van der Waals surface area contributed by atoms with Crippen molar-refractivity contribution in [3.8, 4) is 0 Å². The van der Waals surface area contributed by atoms with Gasteiger partial charge in [-0.1, -0.05) is 55.8 Å². The minimum atomic E-state index is -3.75.